The van der Waals surface area contributed by atoms with Crippen LogP contribution in [-0.4, -0.2) is 34.5 Å². The Balaban J connectivity index is 2.13. The predicted molar refractivity (Wildman–Crippen MR) is 88.9 cm³/mol. The molecule has 108 valence electrons. The van der Waals surface area contributed by atoms with Gasteiger partial charge in [-0.3, -0.25) is 3.53 Å². The Morgan fingerprint density at radius 2 is 2.05 bits per heavy atom. The number of allylic oxidation sites excluding steroid dienone is 2. The summed E-state index contributed by atoms with van der Waals surface area (Å²) in [7, 11) is 0. The number of aliphatic hydroxyl groups excluding tert-OH is 2. The molecule has 0 aliphatic carbocycles. The van der Waals surface area contributed by atoms with Gasteiger partial charge in [-0.15, -0.1) is 0 Å². The number of hydrogen-bond donors (Lipinski definition) is 3. The minimum atomic E-state index is -0.684. The van der Waals surface area contributed by atoms with Gasteiger partial charge in [-0.05, 0) is 35.8 Å². The summed E-state index contributed by atoms with van der Waals surface area (Å²) < 4.78 is 3.18. The minimum absolute atomic E-state index is 0.0282. The minimum Gasteiger partial charge on any atom is -0.395 e. The average Bonchev–Trinajstić information content (AvgIpc) is 2.49. The molecule has 0 radical (unpaired) electrons. The fourth-order valence-electron chi connectivity index (χ4n) is 2.12. The molecule has 0 bridgehead atoms. The van der Waals surface area contributed by atoms with Crippen LogP contribution in [0.25, 0.3) is 5.57 Å². The van der Waals surface area contributed by atoms with Crippen molar-refractivity contribution < 1.29 is 10.2 Å². The van der Waals surface area contributed by atoms with E-state index in [4.69, 9.17) is 5.11 Å². The monoisotopic (exact) mass is 386 g/mol. The maximum atomic E-state index is 9.99. The lowest BCUT2D eigenvalue weighted by molar-refractivity contribution is 0.0650. The largest absolute Gasteiger partial charge is 0.395 e. The lowest BCUT2D eigenvalue weighted by atomic mass is 10.00. The van der Waals surface area contributed by atoms with Crippen LogP contribution < -0.4 is 3.53 Å². The lowest BCUT2D eigenvalue weighted by Crippen LogP contribution is -2.33. The first kappa shape index (κ1) is 15.5. The van der Waals surface area contributed by atoms with E-state index in [2.05, 4.69) is 57.6 Å². The molecule has 2 atom stereocenters. The Bertz CT molecular complexity index is 499. The Morgan fingerprint density at radius 3 is 2.60 bits per heavy atom. The molecule has 1 aromatic carbocycles. The molecule has 3 N–H and O–H groups in total. The van der Waals surface area contributed by atoms with Crippen LogP contribution in [0.5, 0.6) is 0 Å². The van der Waals surface area contributed by atoms with Gasteiger partial charge in [0.2, 0.25) is 0 Å². The first-order valence-corrected chi connectivity index (χ1v) is 7.64. The number of hydrogen-bond acceptors (Lipinski definition) is 4. The van der Waals surface area contributed by atoms with Gasteiger partial charge in [0.1, 0.15) is 6.23 Å². The Hall–Kier alpha value is -0.890. The zero-order chi connectivity index (χ0) is 14.5. The van der Waals surface area contributed by atoms with Crippen LogP contribution >= 0.6 is 22.9 Å². The van der Waals surface area contributed by atoms with Crippen molar-refractivity contribution in [2.24, 2.45) is 0 Å². The molecule has 1 heterocycles. The third-order valence-electron chi connectivity index (χ3n) is 3.38. The van der Waals surface area contributed by atoms with Crippen molar-refractivity contribution in [1.82, 2.24) is 8.43 Å². The molecule has 4 nitrogen and oxygen atoms in total. The lowest BCUT2D eigenvalue weighted by Gasteiger charge is -2.27. The van der Waals surface area contributed by atoms with Crippen molar-refractivity contribution in [1.29, 1.82) is 0 Å². The highest BCUT2D eigenvalue weighted by molar-refractivity contribution is 14.1. The summed E-state index contributed by atoms with van der Waals surface area (Å²) in [5.41, 5.74) is 3.30. The number of benzene rings is 1. The summed E-state index contributed by atoms with van der Waals surface area (Å²) in [5.74, 6) is 0. The smallest absolute Gasteiger partial charge is 0.146 e. The molecule has 5 heteroatoms. The van der Waals surface area contributed by atoms with Gasteiger partial charge in [0.15, 0.2) is 0 Å². The van der Waals surface area contributed by atoms with Crippen LogP contribution in [0.4, 0.5) is 0 Å². The number of aliphatic hydroxyl groups is 2. The van der Waals surface area contributed by atoms with Crippen LogP contribution in [0.3, 0.4) is 0 Å². The normalized spacial score (nSPS) is 19.9. The van der Waals surface area contributed by atoms with E-state index in [-0.39, 0.29) is 6.61 Å². The SMILES string of the molecule is CC(NI)c1ccc(C2=CC(O)N(CCO)C=C2)cc1. The molecule has 1 aliphatic rings. The molecule has 20 heavy (non-hydrogen) atoms. The summed E-state index contributed by atoms with van der Waals surface area (Å²) >= 11 is 2.15. The average molecular weight is 386 g/mol. The van der Waals surface area contributed by atoms with Crippen LogP contribution in [0.1, 0.15) is 24.1 Å². The fourth-order valence-corrected chi connectivity index (χ4v) is 2.48. The summed E-state index contributed by atoms with van der Waals surface area (Å²) in [6.45, 7) is 2.57. The zero-order valence-electron chi connectivity index (χ0n) is 11.3. The number of rotatable bonds is 5. The third kappa shape index (κ3) is 3.60. The molecule has 2 unspecified atom stereocenters. The first-order valence-electron chi connectivity index (χ1n) is 6.57. The van der Waals surface area contributed by atoms with E-state index in [1.54, 1.807) is 11.0 Å². The number of β-amino-alcohol motifs (C(OH)–C–C–N with tert-alkyl or cyclic N) is 1. The molecule has 1 aromatic rings. The summed E-state index contributed by atoms with van der Waals surface area (Å²) in [5, 5.41) is 18.9. The van der Waals surface area contributed by atoms with E-state index in [1.165, 1.54) is 5.56 Å². The summed E-state index contributed by atoms with van der Waals surface area (Å²) in [4.78, 5) is 1.69. The van der Waals surface area contributed by atoms with Gasteiger partial charge in [0.05, 0.1) is 6.61 Å². The maximum Gasteiger partial charge on any atom is 0.146 e. The Kier molecular flexibility index (Phi) is 5.59. The molecule has 0 aromatic heterocycles. The number of nitrogens with one attached hydrogen (secondary N) is 1. The van der Waals surface area contributed by atoms with Crippen LogP contribution in [0.15, 0.2) is 42.6 Å². The molecule has 0 saturated heterocycles. The van der Waals surface area contributed by atoms with Gasteiger partial charge in [-0.2, -0.15) is 0 Å². The van der Waals surface area contributed by atoms with Crippen LogP contribution in [0.2, 0.25) is 0 Å². The Labute approximate surface area is 133 Å². The van der Waals surface area contributed by atoms with Gasteiger partial charge >= 0.3 is 0 Å². The summed E-state index contributed by atoms with van der Waals surface area (Å²) in [6.07, 6.45) is 4.89. The Morgan fingerprint density at radius 1 is 1.35 bits per heavy atom. The molecule has 0 amide bonds. The van der Waals surface area contributed by atoms with E-state index in [9.17, 15) is 5.11 Å². The highest BCUT2D eigenvalue weighted by Gasteiger charge is 2.14. The zero-order valence-corrected chi connectivity index (χ0v) is 13.5. The highest BCUT2D eigenvalue weighted by atomic mass is 127. The van der Waals surface area contributed by atoms with E-state index in [1.807, 2.05) is 12.3 Å². The summed E-state index contributed by atoms with van der Waals surface area (Å²) in [6, 6.07) is 8.61. The van der Waals surface area contributed by atoms with Gasteiger partial charge in [0, 0.05) is 41.7 Å². The van der Waals surface area contributed by atoms with E-state index < -0.39 is 6.23 Å². The quantitative estimate of drug-likeness (QED) is 0.537. The number of halogens is 1. The van der Waals surface area contributed by atoms with E-state index >= 15 is 0 Å². The molecular formula is C15H19IN2O2. The second-order valence-electron chi connectivity index (χ2n) is 4.77. The predicted octanol–water partition coefficient (Wildman–Crippen LogP) is 2.21. The van der Waals surface area contributed by atoms with Crippen molar-refractivity contribution in [2.45, 2.75) is 19.2 Å². The van der Waals surface area contributed by atoms with Crippen molar-refractivity contribution in [3.05, 3.63) is 53.7 Å². The highest BCUT2D eigenvalue weighted by Crippen LogP contribution is 2.23. The molecule has 1 aliphatic heterocycles. The van der Waals surface area contributed by atoms with E-state index in [0.29, 0.717) is 12.6 Å². The van der Waals surface area contributed by atoms with Gasteiger partial charge < -0.3 is 15.1 Å². The molecule has 2 rings (SSSR count). The van der Waals surface area contributed by atoms with Crippen molar-refractivity contribution in [3.8, 4) is 0 Å². The van der Waals surface area contributed by atoms with Crippen molar-refractivity contribution in [2.75, 3.05) is 13.2 Å². The van der Waals surface area contributed by atoms with Crippen LogP contribution in [0, 0.1) is 0 Å². The number of nitrogens with zero attached hydrogens (tertiary/aromatic N) is 1. The molecular weight excluding hydrogens is 367 g/mol. The molecule has 0 spiro atoms. The van der Waals surface area contributed by atoms with Gasteiger partial charge in [-0.25, -0.2) is 0 Å². The van der Waals surface area contributed by atoms with Crippen molar-refractivity contribution >= 4 is 28.4 Å². The first-order chi connectivity index (χ1) is 9.65. The second kappa shape index (κ2) is 7.21. The topological polar surface area (TPSA) is 55.7 Å². The van der Waals surface area contributed by atoms with Gasteiger partial charge in [-0.1, -0.05) is 24.3 Å². The molecule has 0 saturated carbocycles. The molecule has 0 fully saturated rings. The van der Waals surface area contributed by atoms with E-state index in [0.717, 1.165) is 11.1 Å². The maximum absolute atomic E-state index is 9.99. The standard InChI is InChI=1S/C15H19IN2O2/c1-11(17-16)12-2-4-13(5-3-12)14-6-7-18(8-9-19)15(20)10-14/h2-7,10-11,15,17,19-20H,8-9H2,1H3. The second-order valence-corrected chi connectivity index (χ2v) is 5.39. The van der Waals surface area contributed by atoms with Crippen LogP contribution in [-0.2, 0) is 0 Å². The van der Waals surface area contributed by atoms with Crippen molar-refractivity contribution in [3.63, 3.8) is 0 Å². The third-order valence-corrected chi connectivity index (χ3v) is 4.31. The fraction of sp³-hybridized carbons (Fsp3) is 0.333. The van der Waals surface area contributed by atoms with Gasteiger partial charge in [0.25, 0.3) is 0 Å².